The maximum absolute atomic E-state index is 12.0. The summed E-state index contributed by atoms with van der Waals surface area (Å²) in [5, 5.41) is 2.82. The average Bonchev–Trinajstić information content (AvgIpc) is 2.78. The van der Waals surface area contributed by atoms with E-state index in [9.17, 15) is 13.2 Å². The third kappa shape index (κ3) is 3.80. The van der Waals surface area contributed by atoms with Gasteiger partial charge in [0.15, 0.2) is 9.84 Å². The zero-order valence-electron chi connectivity index (χ0n) is 11.5. The highest BCUT2D eigenvalue weighted by atomic mass is 32.2. The minimum Gasteiger partial charge on any atom is -0.380 e. The fraction of sp³-hybridized carbons (Fsp3) is 0.500. The largest absolute Gasteiger partial charge is 0.380 e. The van der Waals surface area contributed by atoms with Crippen molar-refractivity contribution in [3.63, 3.8) is 0 Å². The number of carbonyl (C=O) groups is 1. The first-order chi connectivity index (χ1) is 9.52. The molecule has 1 N–H and O–H groups in total. The van der Waals surface area contributed by atoms with Crippen molar-refractivity contribution in [1.82, 2.24) is 5.32 Å². The summed E-state index contributed by atoms with van der Waals surface area (Å²) in [5.74, 6) is -0.503. The summed E-state index contributed by atoms with van der Waals surface area (Å²) < 4.78 is 27.8. The second kappa shape index (κ2) is 6.37. The molecule has 1 aliphatic heterocycles. The van der Waals surface area contributed by atoms with Crippen molar-refractivity contribution in [2.45, 2.75) is 19.6 Å². The van der Waals surface area contributed by atoms with Gasteiger partial charge in [0.25, 0.3) is 0 Å². The number of amides is 1. The van der Waals surface area contributed by atoms with E-state index in [2.05, 4.69) is 5.32 Å². The Hall–Kier alpha value is -1.40. The highest BCUT2D eigenvalue weighted by Crippen LogP contribution is 2.18. The highest BCUT2D eigenvalue weighted by Gasteiger charge is 2.32. The van der Waals surface area contributed by atoms with Gasteiger partial charge in [0, 0.05) is 13.7 Å². The maximum Gasteiger partial charge on any atom is 0.224 e. The average molecular weight is 297 g/mol. The number of hydrogen-bond donors (Lipinski definition) is 1. The third-order valence-corrected chi connectivity index (χ3v) is 5.24. The van der Waals surface area contributed by atoms with Crippen molar-refractivity contribution in [3.05, 3.63) is 35.4 Å². The van der Waals surface area contributed by atoms with Crippen molar-refractivity contribution in [1.29, 1.82) is 0 Å². The lowest BCUT2D eigenvalue weighted by Gasteiger charge is -2.12. The number of benzene rings is 1. The Bertz CT molecular complexity index is 583. The molecule has 0 aliphatic carbocycles. The zero-order chi connectivity index (χ0) is 14.6. The normalized spacial score (nSPS) is 20.8. The van der Waals surface area contributed by atoms with Crippen molar-refractivity contribution in [2.75, 3.05) is 18.6 Å². The van der Waals surface area contributed by atoms with E-state index in [1.54, 1.807) is 7.11 Å². The minimum atomic E-state index is -3.02. The van der Waals surface area contributed by atoms with Gasteiger partial charge in [-0.2, -0.15) is 0 Å². The van der Waals surface area contributed by atoms with E-state index in [0.29, 0.717) is 19.6 Å². The minimum absolute atomic E-state index is 0.0292. The van der Waals surface area contributed by atoms with E-state index in [0.717, 1.165) is 11.1 Å². The summed E-state index contributed by atoms with van der Waals surface area (Å²) in [5.41, 5.74) is 2.01. The van der Waals surface area contributed by atoms with Crippen LogP contribution in [0.5, 0.6) is 0 Å². The molecule has 0 saturated carbocycles. The van der Waals surface area contributed by atoms with Crippen LogP contribution in [-0.2, 0) is 32.5 Å². The van der Waals surface area contributed by atoms with Crippen molar-refractivity contribution in [3.8, 4) is 0 Å². The van der Waals surface area contributed by atoms with E-state index in [-0.39, 0.29) is 17.4 Å². The Morgan fingerprint density at radius 3 is 2.65 bits per heavy atom. The lowest BCUT2D eigenvalue weighted by molar-refractivity contribution is -0.124. The first-order valence-corrected chi connectivity index (χ1v) is 8.38. The Labute approximate surface area is 119 Å². The molecule has 110 valence electrons. The molecule has 20 heavy (non-hydrogen) atoms. The molecule has 1 heterocycles. The Morgan fingerprint density at radius 2 is 2.05 bits per heavy atom. The molecule has 1 aromatic rings. The molecule has 6 heteroatoms. The van der Waals surface area contributed by atoms with Crippen LogP contribution in [0.3, 0.4) is 0 Å². The van der Waals surface area contributed by atoms with Gasteiger partial charge in [-0.3, -0.25) is 4.79 Å². The van der Waals surface area contributed by atoms with E-state index in [1.807, 2.05) is 24.3 Å². The molecule has 1 aromatic carbocycles. The third-order valence-electron chi connectivity index (χ3n) is 3.47. The molecule has 0 radical (unpaired) electrons. The van der Waals surface area contributed by atoms with Gasteiger partial charge in [-0.05, 0) is 17.5 Å². The van der Waals surface area contributed by atoms with E-state index in [1.165, 1.54) is 0 Å². The summed E-state index contributed by atoms with van der Waals surface area (Å²) in [6.45, 7) is 0.888. The molecule has 1 unspecified atom stereocenters. The number of hydrogen-bond acceptors (Lipinski definition) is 4. The first-order valence-electron chi connectivity index (χ1n) is 6.55. The van der Waals surface area contributed by atoms with Crippen molar-refractivity contribution < 1.29 is 17.9 Å². The molecule has 1 saturated heterocycles. The molecular formula is C14H19NO4S. The van der Waals surface area contributed by atoms with Crippen LogP contribution in [0.4, 0.5) is 0 Å². The Balaban J connectivity index is 1.94. The van der Waals surface area contributed by atoms with Crippen LogP contribution >= 0.6 is 0 Å². The number of sulfone groups is 1. The zero-order valence-corrected chi connectivity index (χ0v) is 12.3. The van der Waals surface area contributed by atoms with Crippen LogP contribution in [0, 0.1) is 5.92 Å². The fourth-order valence-electron chi connectivity index (χ4n) is 2.35. The number of ether oxygens (including phenoxy) is 1. The Kier molecular flexibility index (Phi) is 4.77. The summed E-state index contributed by atoms with van der Waals surface area (Å²) in [6, 6.07) is 7.70. The molecule has 2 rings (SSSR count). The van der Waals surface area contributed by atoms with Gasteiger partial charge < -0.3 is 10.1 Å². The van der Waals surface area contributed by atoms with Gasteiger partial charge in [-0.1, -0.05) is 24.3 Å². The van der Waals surface area contributed by atoms with Crippen molar-refractivity contribution >= 4 is 15.7 Å². The molecule has 0 bridgehead atoms. The molecule has 5 nitrogen and oxygen atoms in total. The van der Waals surface area contributed by atoms with Crippen LogP contribution in [0.25, 0.3) is 0 Å². The molecule has 0 aromatic heterocycles. The fourth-order valence-corrected chi connectivity index (χ4v) is 4.10. The van der Waals surface area contributed by atoms with Gasteiger partial charge in [0.1, 0.15) is 0 Å². The predicted octanol–water partition coefficient (Wildman–Crippen LogP) is 0.884. The van der Waals surface area contributed by atoms with Crippen LogP contribution in [0.15, 0.2) is 24.3 Å². The van der Waals surface area contributed by atoms with E-state index >= 15 is 0 Å². The number of carbonyl (C=O) groups excluding carboxylic acids is 1. The van der Waals surface area contributed by atoms with Crippen LogP contribution in [-0.4, -0.2) is 32.9 Å². The first kappa shape index (κ1) is 15.0. The van der Waals surface area contributed by atoms with Gasteiger partial charge in [0.2, 0.25) is 5.91 Å². The number of methoxy groups -OCH3 is 1. The summed E-state index contributed by atoms with van der Waals surface area (Å²) in [6.07, 6.45) is 0.424. The molecular weight excluding hydrogens is 278 g/mol. The molecule has 0 spiro atoms. The second-order valence-electron chi connectivity index (χ2n) is 5.02. The molecule has 1 amide bonds. The lowest BCUT2D eigenvalue weighted by Crippen LogP contribution is -2.31. The lowest BCUT2D eigenvalue weighted by atomic mass is 10.1. The maximum atomic E-state index is 12.0. The SMILES string of the molecule is COCc1ccccc1CNC(=O)C1CCS(=O)(=O)C1. The highest BCUT2D eigenvalue weighted by molar-refractivity contribution is 7.91. The Morgan fingerprint density at radius 1 is 1.35 bits per heavy atom. The van der Waals surface area contributed by atoms with Gasteiger partial charge in [-0.25, -0.2) is 8.42 Å². The van der Waals surface area contributed by atoms with Crippen LogP contribution in [0.2, 0.25) is 0 Å². The summed E-state index contributed by atoms with van der Waals surface area (Å²) >= 11 is 0. The number of rotatable bonds is 5. The predicted molar refractivity (Wildman–Crippen MR) is 75.8 cm³/mol. The van der Waals surface area contributed by atoms with Crippen LogP contribution in [0.1, 0.15) is 17.5 Å². The summed E-state index contributed by atoms with van der Waals surface area (Å²) in [4.78, 5) is 12.0. The molecule has 1 fully saturated rings. The van der Waals surface area contributed by atoms with Gasteiger partial charge >= 0.3 is 0 Å². The molecule has 1 atom stereocenters. The monoisotopic (exact) mass is 297 g/mol. The second-order valence-corrected chi connectivity index (χ2v) is 7.25. The van der Waals surface area contributed by atoms with Gasteiger partial charge in [0.05, 0.1) is 24.0 Å². The van der Waals surface area contributed by atoms with E-state index in [4.69, 9.17) is 4.74 Å². The van der Waals surface area contributed by atoms with E-state index < -0.39 is 15.8 Å². The number of nitrogens with one attached hydrogen (secondary N) is 1. The van der Waals surface area contributed by atoms with Gasteiger partial charge in [-0.15, -0.1) is 0 Å². The quantitative estimate of drug-likeness (QED) is 0.876. The summed E-state index contributed by atoms with van der Waals surface area (Å²) in [7, 11) is -1.40. The van der Waals surface area contributed by atoms with Crippen molar-refractivity contribution in [2.24, 2.45) is 5.92 Å². The van der Waals surface area contributed by atoms with Crippen LogP contribution < -0.4 is 5.32 Å². The topological polar surface area (TPSA) is 72.5 Å². The molecule has 1 aliphatic rings. The standard InChI is InChI=1S/C14H19NO4S/c1-19-9-12-5-3-2-4-11(12)8-15-14(16)13-6-7-20(17,18)10-13/h2-5,13H,6-10H2,1H3,(H,15,16). The smallest absolute Gasteiger partial charge is 0.224 e.